The van der Waals surface area contributed by atoms with Crippen molar-refractivity contribution in [1.29, 1.82) is 0 Å². The van der Waals surface area contributed by atoms with Crippen LogP contribution in [0.25, 0.3) is 6.08 Å². The standard InChI is InChI=1S/C17H19NO5S/c1-4-11(2)18-16(20)14(24-17(18)21)9-12-5-7-13(8-6-12)23-10-15(19)22-3/h5-9,11H,4,10H2,1-3H3/b14-9+/t11-/m1/s1. The maximum atomic E-state index is 12.3. The van der Waals surface area contributed by atoms with Crippen molar-refractivity contribution in [3.8, 4) is 5.75 Å². The first-order valence-corrected chi connectivity index (χ1v) is 8.34. The maximum Gasteiger partial charge on any atom is 0.343 e. The van der Waals surface area contributed by atoms with Crippen molar-refractivity contribution in [2.24, 2.45) is 0 Å². The van der Waals surface area contributed by atoms with Crippen molar-refractivity contribution >= 4 is 35.0 Å². The van der Waals surface area contributed by atoms with Crippen molar-refractivity contribution < 1.29 is 23.9 Å². The number of hydrogen-bond donors (Lipinski definition) is 0. The van der Waals surface area contributed by atoms with E-state index in [1.54, 1.807) is 30.3 Å². The molecule has 1 aromatic carbocycles. The maximum absolute atomic E-state index is 12.3. The first kappa shape index (κ1) is 18.1. The second-order valence-electron chi connectivity index (χ2n) is 5.24. The summed E-state index contributed by atoms with van der Waals surface area (Å²) in [5, 5.41) is -0.237. The van der Waals surface area contributed by atoms with Gasteiger partial charge in [-0.1, -0.05) is 19.1 Å². The smallest absolute Gasteiger partial charge is 0.343 e. The molecule has 1 aliphatic rings. The van der Waals surface area contributed by atoms with Gasteiger partial charge in [0.15, 0.2) is 6.61 Å². The van der Waals surface area contributed by atoms with Gasteiger partial charge in [-0.3, -0.25) is 14.5 Å². The summed E-state index contributed by atoms with van der Waals surface area (Å²) in [7, 11) is 1.29. The van der Waals surface area contributed by atoms with Crippen LogP contribution in [0.3, 0.4) is 0 Å². The number of nitrogens with zero attached hydrogens (tertiary/aromatic N) is 1. The summed E-state index contributed by atoms with van der Waals surface area (Å²) in [5.41, 5.74) is 0.773. The minimum atomic E-state index is -0.460. The number of ether oxygens (including phenoxy) is 2. The zero-order valence-corrected chi connectivity index (χ0v) is 14.6. The van der Waals surface area contributed by atoms with E-state index < -0.39 is 5.97 Å². The summed E-state index contributed by atoms with van der Waals surface area (Å²) in [6, 6.07) is 6.77. The molecule has 1 atom stereocenters. The van der Waals surface area contributed by atoms with Gasteiger partial charge < -0.3 is 9.47 Å². The Hall–Kier alpha value is -2.28. The second-order valence-corrected chi connectivity index (χ2v) is 6.24. The summed E-state index contributed by atoms with van der Waals surface area (Å²) >= 11 is 0.948. The van der Waals surface area contributed by atoms with Crippen LogP contribution >= 0.6 is 11.8 Å². The number of hydrogen-bond acceptors (Lipinski definition) is 6. The minimum Gasteiger partial charge on any atom is -0.482 e. The third-order valence-corrected chi connectivity index (χ3v) is 4.50. The molecule has 0 aliphatic carbocycles. The van der Waals surface area contributed by atoms with Crippen LogP contribution in [0.2, 0.25) is 0 Å². The van der Waals surface area contributed by atoms with Crippen molar-refractivity contribution in [3.05, 3.63) is 34.7 Å². The fourth-order valence-corrected chi connectivity index (χ4v) is 2.99. The lowest BCUT2D eigenvalue weighted by Gasteiger charge is -2.19. The zero-order chi connectivity index (χ0) is 17.7. The molecule has 1 fully saturated rings. The largest absolute Gasteiger partial charge is 0.482 e. The summed E-state index contributed by atoms with van der Waals surface area (Å²) in [6.45, 7) is 3.63. The monoisotopic (exact) mass is 349 g/mol. The van der Waals surface area contributed by atoms with E-state index in [0.717, 1.165) is 23.7 Å². The minimum absolute atomic E-state index is 0.113. The molecule has 0 aromatic heterocycles. The molecule has 0 bridgehead atoms. The third kappa shape index (κ3) is 4.17. The second kappa shape index (κ2) is 8.01. The van der Waals surface area contributed by atoms with E-state index in [0.29, 0.717) is 10.7 Å². The van der Waals surface area contributed by atoms with E-state index in [4.69, 9.17) is 4.74 Å². The molecule has 1 saturated heterocycles. The Morgan fingerprint density at radius 2 is 1.96 bits per heavy atom. The molecular formula is C17H19NO5S. The molecule has 7 heteroatoms. The zero-order valence-electron chi connectivity index (χ0n) is 13.8. The number of rotatable bonds is 6. The molecule has 128 valence electrons. The van der Waals surface area contributed by atoms with E-state index in [-0.39, 0.29) is 23.8 Å². The fourth-order valence-electron chi connectivity index (χ4n) is 2.06. The molecular weight excluding hydrogens is 330 g/mol. The van der Waals surface area contributed by atoms with Gasteiger partial charge in [0.25, 0.3) is 11.1 Å². The predicted molar refractivity (Wildman–Crippen MR) is 91.5 cm³/mol. The van der Waals surface area contributed by atoms with Crippen molar-refractivity contribution in [3.63, 3.8) is 0 Å². The third-order valence-electron chi connectivity index (χ3n) is 3.62. The SMILES string of the molecule is CC[C@@H](C)N1C(=O)S/C(=C/c2ccc(OCC(=O)OC)cc2)C1=O. The van der Waals surface area contributed by atoms with Crippen LogP contribution in [0.4, 0.5) is 4.79 Å². The number of carbonyl (C=O) groups excluding carboxylic acids is 3. The lowest BCUT2D eigenvalue weighted by Crippen LogP contribution is -2.36. The van der Waals surface area contributed by atoms with Crippen LogP contribution in [0.15, 0.2) is 29.2 Å². The van der Waals surface area contributed by atoms with Crippen LogP contribution in [0, 0.1) is 0 Å². The normalized spacial score (nSPS) is 17.3. The van der Waals surface area contributed by atoms with Crippen LogP contribution < -0.4 is 4.74 Å². The summed E-state index contributed by atoms with van der Waals surface area (Å²) in [4.78, 5) is 37.0. The summed E-state index contributed by atoms with van der Waals surface area (Å²) in [5.74, 6) is -0.201. The quantitative estimate of drug-likeness (QED) is 0.580. The first-order chi connectivity index (χ1) is 11.5. The molecule has 0 saturated carbocycles. The lowest BCUT2D eigenvalue weighted by molar-refractivity contribution is -0.142. The average molecular weight is 349 g/mol. The topological polar surface area (TPSA) is 72.9 Å². The number of amides is 2. The summed E-state index contributed by atoms with van der Waals surface area (Å²) in [6.07, 6.45) is 2.40. The van der Waals surface area contributed by atoms with E-state index in [1.165, 1.54) is 12.0 Å². The van der Waals surface area contributed by atoms with Gasteiger partial charge in [-0.05, 0) is 48.9 Å². The van der Waals surface area contributed by atoms with Gasteiger partial charge in [-0.2, -0.15) is 0 Å². The molecule has 0 unspecified atom stereocenters. The van der Waals surface area contributed by atoms with Gasteiger partial charge in [-0.25, -0.2) is 4.79 Å². The van der Waals surface area contributed by atoms with Crippen LogP contribution in [0.1, 0.15) is 25.8 Å². The van der Waals surface area contributed by atoms with E-state index in [9.17, 15) is 14.4 Å². The Morgan fingerprint density at radius 1 is 1.29 bits per heavy atom. The Balaban J connectivity index is 2.07. The molecule has 6 nitrogen and oxygen atoms in total. The van der Waals surface area contributed by atoms with Crippen molar-refractivity contribution in [2.45, 2.75) is 26.3 Å². The number of methoxy groups -OCH3 is 1. The molecule has 1 heterocycles. The van der Waals surface area contributed by atoms with Crippen molar-refractivity contribution in [1.82, 2.24) is 4.90 Å². The molecule has 1 aromatic rings. The predicted octanol–water partition coefficient (Wildman–Crippen LogP) is 3.07. The lowest BCUT2D eigenvalue weighted by atomic mass is 10.2. The highest BCUT2D eigenvalue weighted by atomic mass is 32.2. The highest BCUT2D eigenvalue weighted by molar-refractivity contribution is 8.18. The van der Waals surface area contributed by atoms with Gasteiger partial charge in [-0.15, -0.1) is 0 Å². The number of imide groups is 1. The number of carbonyl (C=O) groups is 3. The van der Waals surface area contributed by atoms with Crippen LogP contribution in [-0.2, 0) is 14.3 Å². The van der Waals surface area contributed by atoms with Gasteiger partial charge in [0, 0.05) is 6.04 Å². The fraction of sp³-hybridized carbons (Fsp3) is 0.353. The molecule has 24 heavy (non-hydrogen) atoms. The Labute approximate surface area is 144 Å². The van der Waals surface area contributed by atoms with Gasteiger partial charge >= 0.3 is 5.97 Å². The van der Waals surface area contributed by atoms with E-state index in [2.05, 4.69) is 4.74 Å². The molecule has 2 rings (SSSR count). The number of benzene rings is 1. The molecule has 1 aliphatic heterocycles. The highest BCUT2D eigenvalue weighted by Gasteiger charge is 2.37. The number of thioether (sulfide) groups is 1. The highest BCUT2D eigenvalue weighted by Crippen LogP contribution is 2.34. The average Bonchev–Trinajstić information content (AvgIpc) is 2.87. The van der Waals surface area contributed by atoms with Crippen molar-refractivity contribution in [2.75, 3.05) is 13.7 Å². The molecule has 0 spiro atoms. The molecule has 0 radical (unpaired) electrons. The Bertz CT molecular complexity index is 668. The first-order valence-electron chi connectivity index (χ1n) is 7.53. The van der Waals surface area contributed by atoms with Gasteiger partial charge in [0.05, 0.1) is 12.0 Å². The van der Waals surface area contributed by atoms with Crippen LogP contribution in [0.5, 0.6) is 5.75 Å². The molecule has 0 N–H and O–H groups in total. The Morgan fingerprint density at radius 3 is 2.54 bits per heavy atom. The molecule has 2 amide bonds. The van der Waals surface area contributed by atoms with E-state index in [1.807, 2.05) is 13.8 Å². The number of esters is 1. The van der Waals surface area contributed by atoms with Gasteiger partial charge in [0.2, 0.25) is 0 Å². The van der Waals surface area contributed by atoms with E-state index >= 15 is 0 Å². The van der Waals surface area contributed by atoms with Crippen LogP contribution in [-0.4, -0.2) is 41.8 Å². The van der Waals surface area contributed by atoms with Gasteiger partial charge in [0.1, 0.15) is 5.75 Å². The summed E-state index contributed by atoms with van der Waals surface area (Å²) < 4.78 is 9.75. The Kier molecular flexibility index (Phi) is 6.03.